The summed E-state index contributed by atoms with van der Waals surface area (Å²) in [6.45, 7) is 1.34. The number of aryl methyl sites for hydroxylation is 1. The molecule has 0 aliphatic rings. The van der Waals surface area contributed by atoms with Crippen LogP contribution >= 0.6 is 0 Å². The van der Waals surface area contributed by atoms with Crippen LogP contribution in [0.1, 0.15) is 11.3 Å². The van der Waals surface area contributed by atoms with E-state index in [0.717, 1.165) is 11.3 Å². The Morgan fingerprint density at radius 3 is 2.58 bits per heavy atom. The number of hydrogen-bond acceptors (Lipinski definition) is 4. The molecule has 1 rings (SSSR count). The molecule has 104 valence electrons. The van der Waals surface area contributed by atoms with E-state index in [9.17, 15) is 14.4 Å². The summed E-state index contributed by atoms with van der Waals surface area (Å²) in [5, 5.41) is 21.8. The Morgan fingerprint density at radius 2 is 2.00 bits per heavy atom. The zero-order chi connectivity index (χ0) is 14.3. The number of urea groups is 1. The van der Waals surface area contributed by atoms with E-state index in [1.165, 1.54) is 0 Å². The minimum absolute atomic E-state index is 0.283. The molecule has 0 fully saturated rings. The van der Waals surface area contributed by atoms with E-state index in [-0.39, 0.29) is 13.1 Å². The average molecular weight is 269 g/mol. The molecule has 3 amide bonds. The maximum Gasteiger partial charge on any atom is 0.322 e. The number of carboxylic acid groups (broad SMARTS) is 1. The second-order valence-electron chi connectivity index (χ2n) is 3.73. The SMILES string of the molecule is Cc1[nH]ncc1CNC(=O)NCC(=O)NCC(=O)O. The predicted molar refractivity (Wildman–Crippen MR) is 64.2 cm³/mol. The normalized spacial score (nSPS) is 9.74. The monoisotopic (exact) mass is 269 g/mol. The van der Waals surface area contributed by atoms with Crippen LogP contribution in [0, 0.1) is 6.92 Å². The van der Waals surface area contributed by atoms with Gasteiger partial charge in [0, 0.05) is 17.8 Å². The van der Waals surface area contributed by atoms with Crippen molar-refractivity contribution in [1.29, 1.82) is 0 Å². The van der Waals surface area contributed by atoms with Crippen molar-refractivity contribution in [2.75, 3.05) is 13.1 Å². The maximum absolute atomic E-state index is 11.3. The first-order chi connectivity index (χ1) is 8.99. The van der Waals surface area contributed by atoms with Gasteiger partial charge in [0.15, 0.2) is 0 Å². The maximum atomic E-state index is 11.3. The number of hydrogen-bond donors (Lipinski definition) is 5. The van der Waals surface area contributed by atoms with Gasteiger partial charge in [0.1, 0.15) is 6.54 Å². The zero-order valence-corrected chi connectivity index (χ0v) is 10.3. The number of amides is 3. The smallest absolute Gasteiger partial charge is 0.322 e. The molecule has 0 saturated heterocycles. The highest BCUT2D eigenvalue weighted by Crippen LogP contribution is 2.00. The fourth-order valence-electron chi connectivity index (χ4n) is 1.19. The molecule has 0 bridgehead atoms. The molecule has 0 atom stereocenters. The number of nitrogens with one attached hydrogen (secondary N) is 4. The molecule has 1 aromatic heterocycles. The lowest BCUT2D eigenvalue weighted by Gasteiger charge is -2.07. The summed E-state index contributed by atoms with van der Waals surface area (Å²) in [5.74, 6) is -1.72. The van der Waals surface area contributed by atoms with Gasteiger partial charge < -0.3 is 21.1 Å². The first-order valence-electron chi connectivity index (χ1n) is 5.48. The number of carbonyl (C=O) groups is 3. The number of aromatic nitrogens is 2. The summed E-state index contributed by atoms with van der Waals surface area (Å²) < 4.78 is 0. The Bertz CT molecular complexity index is 470. The lowest BCUT2D eigenvalue weighted by molar-refractivity contribution is -0.137. The molecular formula is C10H15N5O4. The van der Waals surface area contributed by atoms with Gasteiger partial charge >= 0.3 is 12.0 Å². The van der Waals surface area contributed by atoms with Gasteiger partial charge in [-0.2, -0.15) is 5.10 Å². The van der Waals surface area contributed by atoms with E-state index in [4.69, 9.17) is 5.11 Å². The third kappa shape index (κ3) is 5.52. The second kappa shape index (κ2) is 6.99. The van der Waals surface area contributed by atoms with Crippen LogP contribution in [-0.2, 0) is 16.1 Å². The predicted octanol–water partition coefficient (Wildman–Crippen LogP) is -1.28. The van der Waals surface area contributed by atoms with E-state index in [1.807, 2.05) is 6.92 Å². The summed E-state index contributed by atoms with van der Waals surface area (Å²) >= 11 is 0. The van der Waals surface area contributed by atoms with Gasteiger partial charge in [-0.15, -0.1) is 0 Å². The molecular weight excluding hydrogens is 254 g/mol. The number of carbonyl (C=O) groups excluding carboxylic acids is 2. The summed E-state index contributed by atoms with van der Waals surface area (Å²) in [6.07, 6.45) is 1.59. The largest absolute Gasteiger partial charge is 0.480 e. The fraction of sp³-hybridized carbons (Fsp3) is 0.400. The van der Waals surface area contributed by atoms with Crippen molar-refractivity contribution in [3.05, 3.63) is 17.5 Å². The molecule has 19 heavy (non-hydrogen) atoms. The third-order valence-electron chi connectivity index (χ3n) is 2.22. The molecule has 9 heteroatoms. The number of H-pyrrole nitrogens is 1. The highest BCUT2D eigenvalue weighted by molar-refractivity contribution is 5.86. The Balaban J connectivity index is 2.19. The highest BCUT2D eigenvalue weighted by Gasteiger charge is 2.07. The number of nitrogens with zero attached hydrogens (tertiary/aromatic N) is 1. The fourth-order valence-corrected chi connectivity index (χ4v) is 1.19. The molecule has 9 nitrogen and oxygen atoms in total. The first kappa shape index (κ1) is 14.5. The lowest BCUT2D eigenvalue weighted by atomic mass is 10.3. The Morgan fingerprint density at radius 1 is 1.26 bits per heavy atom. The van der Waals surface area contributed by atoms with Gasteiger partial charge in [-0.1, -0.05) is 0 Å². The molecule has 1 aromatic rings. The van der Waals surface area contributed by atoms with Gasteiger partial charge in [0.05, 0.1) is 12.7 Å². The number of rotatable bonds is 6. The lowest BCUT2D eigenvalue weighted by Crippen LogP contribution is -2.42. The number of aliphatic carboxylic acids is 1. The summed E-state index contributed by atoms with van der Waals surface area (Å²) in [7, 11) is 0. The van der Waals surface area contributed by atoms with Crippen LogP contribution in [0.15, 0.2) is 6.20 Å². The van der Waals surface area contributed by atoms with Crippen LogP contribution in [0.3, 0.4) is 0 Å². The molecule has 0 aliphatic carbocycles. The van der Waals surface area contributed by atoms with Crippen molar-refractivity contribution in [3.63, 3.8) is 0 Å². The van der Waals surface area contributed by atoms with Crippen LogP contribution in [0.25, 0.3) is 0 Å². The van der Waals surface area contributed by atoms with E-state index in [2.05, 4.69) is 26.1 Å². The second-order valence-corrected chi connectivity index (χ2v) is 3.73. The van der Waals surface area contributed by atoms with Crippen molar-refractivity contribution < 1.29 is 19.5 Å². The minimum atomic E-state index is -1.15. The molecule has 0 aromatic carbocycles. The molecule has 0 unspecified atom stereocenters. The molecule has 0 aliphatic heterocycles. The van der Waals surface area contributed by atoms with Crippen LogP contribution in [0.4, 0.5) is 4.79 Å². The van der Waals surface area contributed by atoms with Crippen LogP contribution in [-0.4, -0.2) is 46.3 Å². The minimum Gasteiger partial charge on any atom is -0.480 e. The van der Waals surface area contributed by atoms with Gasteiger partial charge in [0.25, 0.3) is 0 Å². The standard InChI is InChI=1S/C10H15N5O4/c1-6-7(3-14-15-6)2-12-10(19)13-4-8(16)11-5-9(17)18/h3H,2,4-5H2,1H3,(H,11,16)(H,14,15)(H,17,18)(H2,12,13,19). The van der Waals surface area contributed by atoms with Gasteiger partial charge in [-0.05, 0) is 6.92 Å². The van der Waals surface area contributed by atoms with Crippen LogP contribution in [0.5, 0.6) is 0 Å². The van der Waals surface area contributed by atoms with E-state index in [0.29, 0.717) is 0 Å². The van der Waals surface area contributed by atoms with Crippen molar-refractivity contribution in [2.24, 2.45) is 0 Å². The summed E-state index contributed by atoms with van der Waals surface area (Å²) in [6, 6.07) is -0.522. The molecule has 1 heterocycles. The van der Waals surface area contributed by atoms with Crippen LogP contribution < -0.4 is 16.0 Å². The number of aromatic amines is 1. The van der Waals surface area contributed by atoms with Crippen molar-refractivity contribution >= 4 is 17.9 Å². The van der Waals surface area contributed by atoms with E-state index in [1.54, 1.807) is 6.20 Å². The Hall–Kier alpha value is -2.58. The summed E-state index contributed by atoms with van der Waals surface area (Å²) in [4.78, 5) is 32.6. The highest BCUT2D eigenvalue weighted by atomic mass is 16.4. The van der Waals surface area contributed by atoms with Crippen LogP contribution in [0.2, 0.25) is 0 Å². The first-order valence-corrected chi connectivity index (χ1v) is 5.48. The quantitative estimate of drug-likeness (QED) is 0.438. The van der Waals surface area contributed by atoms with E-state index < -0.39 is 24.5 Å². The van der Waals surface area contributed by atoms with E-state index >= 15 is 0 Å². The number of carboxylic acids is 1. The zero-order valence-electron chi connectivity index (χ0n) is 10.3. The Labute approximate surface area is 108 Å². The molecule has 0 spiro atoms. The van der Waals surface area contributed by atoms with Gasteiger partial charge in [0.2, 0.25) is 5.91 Å². The molecule has 0 radical (unpaired) electrons. The van der Waals surface area contributed by atoms with Crippen molar-refractivity contribution in [3.8, 4) is 0 Å². The average Bonchev–Trinajstić information content (AvgIpc) is 2.77. The topological polar surface area (TPSA) is 136 Å². The third-order valence-corrected chi connectivity index (χ3v) is 2.22. The van der Waals surface area contributed by atoms with Crippen molar-refractivity contribution in [2.45, 2.75) is 13.5 Å². The van der Waals surface area contributed by atoms with Crippen molar-refractivity contribution in [1.82, 2.24) is 26.1 Å². The molecule has 0 saturated carbocycles. The molecule has 5 N–H and O–H groups in total. The van der Waals surface area contributed by atoms with Gasteiger partial charge in [-0.3, -0.25) is 14.7 Å². The van der Waals surface area contributed by atoms with Gasteiger partial charge in [-0.25, -0.2) is 4.79 Å². The summed E-state index contributed by atoms with van der Waals surface area (Å²) in [5.41, 5.74) is 1.69. The Kier molecular flexibility index (Phi) is 5.33.